The Morgan fingerprint density at radius 1 is 1.00 bits per heavy atom. The fourth-order valence-electron chi connectivity index (χ4n) is 2.51. The Balaban J connectivity index is 1.90. The molecule has 5 nitrogen and oxygen atoms in total. The van der Waals surface area contributed by atoms with E-state index in [-0.39, 0.29) is 17.6 Å². The normalized spacial score (nSPS) is 12.7. The van der Waals surface area contributed by atoms with Crippen LogP contribution in [0.15, 0.2) is 54.6 Å². The number of halogens is 1. The fourth-order valence-corrected chi connectivity index (χ4v) is 2.51. The molecule has 0 aliphatic rings. The van der Waals surface area contributed by atoms with E-state index in [0.29, 0.717) is 12.2 Å². The quantitative estimate of drug-likeness (QED) is 0.746. The first kappa shape index (κ1) is 19.4. The van der Waals surface area contributed by atoms with Crippen LogP contribution < -0.4 is 15.6 Å². The van der Waals surface area contributed by atoms with Gasteiger partial charge >= 0.3 is 0 Å². The number of rotatable bonds is 7. The lowest BCUT2D eigenvalue weighted by atomic mass is 9.94. The molecule has 2 unspecified atom stereocenters. The molecule has 138 valence electrons. The molecule has 6 heteroatoms. The maximum absolute atomic E-state index is 12.9. The fraction of sp³-hybridized carbons (Fsp3) is 0.300. The Hall–Kier alpha value is -2.89. The zero-order chi connectivity index (χ0) is 18.9. The summed E-state index contributed by atoms with van der Waals surface area (Å²) in [5.74, 6) is -1.13. The highest BCUT2D eigenvalue weighted by atomic mass is 19.1. The molecule has 2 N–H and O–H groups in total. The second kappa shape index (κ2) is 9.56. The molecule has 0 saturated heterocycles. The van der Waals surface area contributed by atoms with Crippen LogP contribution in [0, 0.1) is 5.82 Å². The van der Waals surface area contributed by atoms with Gasteiger partial charge in [0.2, 0.25) is 5.91 Å². The lowest BCUT2D eigenvalue weighted by Gasteiger charge is -2.19. The number of carbonyl (C=O) groups excluding carboxylic acids is 2. The predicted molar refractivity (Wildman–Crippen MR) is 96.9 cm³/mol. The first-order valence-corrected chi connectivity index (χ1v) is 8.58. The van der Waals surface area contributed by atoms with E-state index in [2.05, 4.69) is 10.9 Å². The van der Waals surface area contributed by atoms with Crippen molar-refractivity contribution in [1.82, 2.24) is 10.9 Å². The first-order valence-electron chi connectivity index (χ1n) is 8.58. The van der Waals surface area contributed by atoms with Crippen LogP contribution in [0.2, 0.25) is 0 Å². The van der Waals surface area contributed by atoms with Gasteiger partial charge in [0, 0.05) is 0 Å². The number of nitrogens with one attached hydrogen (secondary N) is 2. The van der Waals surface area contributed by atoms with E-state index >= 15 is 0 Å². The van der Waals surface area contributed by atoms with E-state index in [1.54, 1.807) is 6.92 Å². The molecule has 2 atom stereocenters. The molecular formula is C20H23FN2O3. The second-order valence-electron chi connectivity index (χ2n) is 5.94. The number of hydrogen-bond donors (Lipinski definition) is 2. The maximum Gasteiger partial charge on any atom is 0.279 e. The molecule has 0 fully saturated rings. The minimum Gasteiger partial charge on any atom is -0.481 e. The molecule has 2 amide bonds. The van der Waals surface area contributed by atoms with Gasteiger partial charge in [0.15, 0.2) is 6.10 Å². The summed E-state index contributed by atoms with van der Waals surface area (Å²) >= 11 is 0. The van der Waals surface area contributed by atoms with E-state index in [1.807, 2.05) is 37.3 Å². The molecular weight excluding hydrogens is 335 g/mol. The average Bonchev–Trinajstić information content (AvgIpc) is 2.66. The van der Waals surface area contributed by atoms with Crippen molar-refractivity contribution < 1.29 is 18.7 Å². The SMILES string of the molecule is CCCC(C(=O)NNC(=O)C(C)Oc1ccc(F)cc1)c1ccccc1. The van der Waals surface area contributed by atoms with Crippen molar-refractivity contribution in [2.75, 3.05) is 0 Å². The highest BCUT2D eigenvalue weighted by molar-refractivity contribution is 5.87. The molecule has 0 radical (unpaired) electrons. The van der Waals surface area contributed by atoms with Gasteiger partial charge in [-0.25, -0.2) is 4.39 Å². The third-order valence-corrected chi connectivity index (χ3v) is 3.90. The summed E-state index contributed by atoms with van der Waals surface area (Å²) in [6.45, 7) is 3.55. The number of ether oxygens (including phenoxy) is 1. The predicted octanol–water partition coefficient (Wildman–Crippen LogP) is 3.32. The van der Waals surface area contributed by atoms with Crippen LogP contribution in [0.1, 0.15) is 38.2 Å². The third-order valence-electron chi connectivity index (χ3n) is 3.90. The minimum atomic E-state index is -0.845. The largest absolute Gasteiger partial charge is 0.481 e. The van der Waals surface area contributed by atoms with Crippen LogP contribution >= 0.6 is 0 Å². The van der Waals surface area contributed by atoms with Gasteiger partial charge in [0.05, 0.1) is 5.92 Å². The zero-order valence-corrected chi connectivity index (χ0v) is 14.9. The summed E-state index contributed by atoms with van der Waals surface area (Å²) in [5.41, 5.74) is 5.75. The van der Waals surface area contributed by atoms with Gasteiger partial charge in [-0.2, -0.15) is 0 Å². The standard InChI is InChI=1S/C20H23FN2O3/c1-3-7-18(15-8-5-4-6-9-15)20(25)23-22-19(24)14(2)26-17-12-10-16(21)11-13-17/h4-6,8-14,18H,3,7H2,1-2H3,(H,22,24)(H,23,25). The highest BCUT2D eigenvalue weighted by Gasteiger charge is 2.21. The summed E-state index contributed by atoms with van der Waals surface area (Å²) < 4.78 is 18.3. The minimum absolute atomic E-state index is 0.277. The molecule has 26 heavy (non-hydrogen) atoms. The van der Waals surface area contributed by atoms with E-state index in [1.165, 1.54) is 24.3 Å². The average molecular weight is 358 g/mol. The van der Waals surface area contributed by atoms with Crippen molar-refractivity contribution in [2.45, 2.75) is 38.7 Å². The third kappa shape index (κ3) is 5.58. The van der Waals surface area contributed by atoms with E-state index < -0.39 is 12.0 Å². The topological polar surface area (TPSA) is 67.4 Å². The van der Waals surface area contributed by atoms with Crippen LogP contribution in [0.4, 0.5) is 4.39 Å². The molecule has 0 saturated carbocycles. The molecule has 2 aromatic carbocycles. The molecule has 2 rings (SSSR count). The zero-order valence-electron chi connectivity index (χ0n) is 14.9. The lowest BCUT2D eigenvalue weighted by molar-refractivity contribution is -0.133. The van der Waals surface area contributed by atoms with Crippen molar-refractivity contribution in [1.29, 1.82) is 0 Å². The number of hydrazine groups is 1. The van der Waals surface area contributed by atoms with Crippen molar-refractivity contribution in [3.8, 4) is 5.75 Å². The molecule has 0 aliphatic carbocycles. The number of benzene rings is 2. The Kier molecular flexibility index (Phi) is 7.14. The van der Waals surface area contributed by atoms with E-state index in [9.17, 15) is 14.0 Å². The van der Waals surface area contributed by atoms with Crippen LogP contribution in [0.25, 0.3) is 0 Å². The number of amides is 2. The van der Waals surface area contributed by atoms with Crippen LogP contribution in [-0.2, 0) is 9.59 Å². The summed E-state index contributed by atoms with van der Waals surface area (Å²) in [5, 5.41) is 0. The Morgan fingerprint density at radius 2 is 1.62 bits per heavy atom. The molecule has 0 heterocycles. The molecule has 0 bridgehead atoms. The van der Waals surface area contributed by atoms with Crippen LogP contribution in [0.5, 0.6) is 5.75 Å². The molecule has 0 aromatic heterocycles. The van der Waals surface area contributed by atoms with E-state index in [4.69, 9.17) is 4.74 Å². The van der Waals surface area contributed by atoms with Crippen LogP contribution in [0.3, 0.4) is 0 Å². The van der Waals surface area contributed by atoms with Crippen molar-refractivity contribution in [3.05, 3.63) is 66.0 Å². The summed E-state index contributed by atoms with van der Waals surface area (Å²) in [6, 6.07) is 14.8. The van der Waals surface area contributed by atoms with Gasteiger partial charge < -0.3 is 4.74 Å². The summed E-state index contributed by atoms with van der Waals surface area (Å²) in [6.07, 6.45) is 0.667. The summed E-state index contributed by atoms with van der Waals surface area (Å²) in [4.78, 5) is 24.6. The highest BCUT2D eigenvalue weighted by Crippen LogP contribution is 2.21. The van der Waals surface area contributed by atoms with Crippen molar-refractivity contribution >= 4 is 11.8 Å². The lowest BCUT2D eigenvalue weighted by Crippen LogP contribution is -2.48. The van der Waals surface area contributed by atoms with Crippen LogP contribution in [-0.4, -0.2) is 17.9 Å². The van der Waals surface area contributed by atoms with Gasteiger partial charge in [0.25, 0.3) is 5.91 Å². The van der Waals surface area contributed by atoms with Crippen molar-refractivity contribution in [2.24, 2.45) is 0 Å². The van der Waals surface area contributed by atoms with Gasteiger partial charge in [-0.1, -0.05) is 43.7 Å². The molecule has 0 spiro atoms. The monoisotopic (exact) mass is 358 g/mol. The smallest absolute Gasteiger partial charge is 0.279 e. The molecule has 0 aliphatic heterocycles. The summed E-state index contributed by atoms with van der Waals surface area (Å²) in [7, 11) is 0. The Morgan fingerprint density at radius 3 is 2.23 bits per heavy atom. The van der Waals surface area contributed by atoms with Gasteiger partial charge in [-0.05, 0) is 43.2 Å². The number of hydrogen-bond acceptors (Lipinski definition) is 3. The van der Waals surface area contributed by atoms with Crippen molar-refractivity contribution in [3.63, 3.8) is 0 Å². The Labute approximate surface area is 152 Å². The Bertz CT molecular complexity index is 720. The van der Waals surface area contributed by atoms with E-state index in [0.717, 1.165) is 12.0 Å². The second-order valence-corrected chi connectivity index (χ2v) is 5.94. The maximum atomic E-state index is 12.9. The van der Waals surface area contributed by atoms with Gasteiger partial charge in [0.1, 0.15) is 11.6 Å². The molecule has 2 aromatic rings. The first-order chi connectivity index (χ1) is 12.5. The number of carbonyl (C=O) groups is 2. The van der Waals surface area contributed by atoms with Gasteiger partial charge in [-0.15, -0.1) is 0 Å². The van der Waals surface area contributed by atoms with Gasteiger partial charge in [-0.3, -0.25) is 20.4 Å².